The maximum Gasteiger partial charge on any atom is 0.321 e. The highest BCUT2D eigenvalue weighted by Gasteiger charge is 2.21. The minimum Gasteiger partial charge on any atom is -0.480 e. The van der Waals surface area contributed by atoms with Crippen molar-refractivity contribution < 1.29 is 19.4 Å². The van der Waals surface area contributed by atoms with Crippen molar-refractivity contribution >= 4 is 11.9 Å². The molecule has 0 saturated carbocycles. The molecule has 0 fully saturated rings. The molecule has 1 unspecified atom stereocenters. The molecule has 0 bridgehead atoms. The summed E-state index contributed by atoms with van der Waals surface area (Å²) in [6, 6.07) is -0.843. The van der Waals surface area contributed by atoms with E-state index in [2.05, 4.69) is 19.2 Å². The van der Waals surface area contributed by atoms with Crippen molar-refractivity contribution in [2.24, 2.45) is 0 Å². The van der Waals surface area contributed by atoms with Crippen LogP contribution in [0, 0.1) is 0 Å². The fourth-order valence-electron chi connectivity index (χ4n) is 3.96. The number of nitrogens with one attached hydrogen (secondary N) is 1. The summed E-state index contributed by atoms with van der Waals surface area (Å²) in [6.07, 6.45) is 23.4. The molecule has 5 heteroatoms. The van der Waals surface area contributed by atoms with Crippen LogP contribution in [0.4, 0.5) is 0 Å². The molecule has 2 N–H and O–H groups in total. The predicted molar refractivity (Wildman–Crippen MR) is 134 cm³/mol. The number of carboxylic acids is 1. The molecule has 0 radical (unpaired) electrons. The molecule has 0 aromatic heterocycles. The molecule has 0 spiro atoms. The molecule has 1 atom stereocenters. The largest absolute Gasteiger partial charge is 0.480 e. The smallest absolute Gasteiger partial charge is 0.321 e. The lowest BCUT2D eigenvalue weighted by atomic mass is 10.1. The van der Waals surface area contributed by atoms with Gasteiger partial charge in [0.2, 0.25) is 0 Å². The Morgan fingerprint density at radius 1 is 0.656 bits per heavy atom. The highest BCUT2D eigenvalue weighted by atomic mass is 16.5. The van der Waals surface area contributed by atoms with Gasteiger partial charge >= 0.3 is 11.9 Å². The summed E-state index contributed by atoms with van der Waals surface area (Å²) < 4.78 is 5.25. The van der Waals surface area contributed by atoms with E-state index in [1.807, 2.05) is 0 Å². The topological polar surface area (TPSA) is 75.6 Å². The molecule has 0 aromatic rings. The van der Waals surface area contributed by atoms with Crippen LogP contribution >= 0.6 is 0 Å². The normalized spacial score (nSPS) is 12.1. The van der Waals surface area contributed by atoms with Gasteiger partial charge in [-0.3, -0.25) is 9.59 Å². The fourth-order valence-corrected chi connectivity index (χ4v) is 3.96. The van der Waals surface area contributed by atoms with Gasteiger partial charge < -0.3 is 15.2 Å². The van der Waals surface area contributed by atoms with Crippen molar-refractivity contribution in [3.05, 3.63) is 0 Å². The molecule has 0 aromatic carbocycles. The molecule has 0 saturated heterocycles. The van der Waals surface area contributed by atoms with Crippen LogP contribution in [0.25, 0.3) is 0 Å². The Morgan fingerprint density at radius 2 is 1.06 bits per heavy atom. The first-order chi connectivity index (χ1) is 15.6. The quantitative estimate of drug-likeness (QED) is 0.111. The van der Waals surface area contributed by atoms with Crippen LogP contribution < -0.4 is 5.32 Å². The number of ether oxygens (including phenoxy) is 1. The Bertz CT molecular complexity index is 428. The predicted octanol–water partition coefficient (Wildman–Crippen LogP) is 7.41. The Morgan fingerprint density at radius 3 is 1.50 bits per heavy atom. The first-order valence-corrected chi connectivity index (χ1v) is 13.7. The number of carboxylic acid groups (broad SMARTS) is 1. The molecule has 0 aliphatic carbocycles. The number of unbranched alkanes of at least 4 members (excludes halogenated alkanes) is 17. The number of hydrogen-bond donors (Lipinski definition) is 2. The summed E-state index contributed by atoms with van der Waals surface area (Å²) >= 11 is 0. The van der Waals surface area contributed by atoms with Crippen molar-refractivity contribution in [3.8, 4) is 0 Å². The van der Waals surface area contributed by atoms with Gasteiger partial charge in [0.15, 0.2) is 0 Å². The highest BCUT2D eigenvalue weighted by Crippen LogP contribution is 2.11. The number of aliphatic carboxylic acids is 1. The summed E-state index contributed by atoms with van der Waals surface area (Å²) in [5, 5.41) is 12.4. The molecule has 32 heavy (non-hydrogen) atoms. The Kier molecular flexibility index (Phi) is 23.7. The van der Waals surface area contributed by atoms with Crippen molar-refractivity contribution in [1.29, 1.82) is 0 Å². The lowest BCUT2D eigenvalue weighted by Gasteiger charge is -2.14. The van der Waals surface area contributed by atoms with E-state index in [-0.39, 0.29) is 6.42 Å². The zero-order valence-electron chi connectivity index (χ0n) is 21.3. The first kappa shape index (κ1) is 30.9. The third-order valence-corrected chi connectivity index (χ3v) is 6.10. The third-order valence-electron chi connectivity index (χ3n) is 6.10. The molecule has 0 rings (SSSR count). The van der Waals surface area contributed by atoms with Crippen LogP contribution in [0.15, 0.2) is 0 Å². The maximum atomic E-state index is 12.0. The zero-order valence-corrected chi connectivity index (χ0v) is 21.3. The minimum atomic E-state index is -0.976. The van der Waals surface area contributed by atoms with Gasteiger partial charge in [0.25, 0.3) is 0 Å². The molecule has 0 aliphatic rings. The summed E-state index contributed by atoms with van der Waals surface area (Å²) in [5.74, 6) is -1.39. The average Bonchev–Trinajstić information content (AvgIpc) is 2.77. The second-order valence-corrected chi connectivity index (χ2v) is 9.28. The van der Waals surface area contributed by atoms with Crippen LogP contribution in [0.2, 0.25) is 0 Å². The second kappa shape index (κ2) is 24.5. The maximum absolute atomic E-state index is 12.0. The molecular weight excluding hydrogens is 402 g/mol. The summed E-state index contributed by atoms with van der Waals surface area (Å²) in [4.78, 5) is 23.4. The third kappa shape index (κ3) is 22.1. The lowest BCUT2D eigenvalue weighted by molar-refractivity contribution is -0.149. The number of rotatable bonds is 25. The number of hydrogen-bond acceptors (Lipinski definition) is 4. The molecular formula is C27H53NO4. The molecule has 0 amide bonds. The van der Waals surface area contributed by atoms with E-state index in [1.54, 1.807) is 0 Å². The Hall–Kier alpha value is -1.10. The van der Waals surface area contributed by atoms with Gasteiger partial charge in [0.05, 0.1) is 13.0 Å². The Balaban J connectivity index is 3.59. The van der Waals surface area contributed by atoms with Gasteiger partial charge in [-0.1, -0.05) is 123 Å². The van der Waals surface area contributed by atoms with E-state index in [1.165, 1.54) is 96.3 Å². The lowest BCUT2D eigenvalue weighted by Crippen LogP contribution is -2.39. The van der Waals surface area contributed by atoms with E-state index in [4.69, 9.17) is 4.74 Å². The van der Waals surface area contributed by atoms with Gasteiger partial charge in [0, 0.05) is 0 Å². The van der Waals surface area contributed by atoms with Crippen molar-refractivity contribution in [1.82, 2.24) is 5.32 Å². The van der Waals surface area contributed by atoms with Gasteiger partial charge in [-0.15, -0.1) is 0 Å². The van der Waals surface area contributed by atoms with Gasteiger partial charge in [-0.05, 0) is 19.4 Å². The first-order valence-electron chi connectivity index (χ1n) is 13.7. The van der Waals surface area contributed by atoms with E-state index >= 15 is 0 Å². The van der Waals surface area contributed by atoms with Crippen molar-refractivity contribution in [3.63, 3.8) is 0 Å². The SMILES string of the molecule is CCCCCCCCCCCCCOC(=O)CC(NCCCCCCCCCC)C(=O)O. The van der Waals surface area contributed by atoms with E-state index < -0.39 is 18.0 Å². The van der Waals surface area contributed by atoms with Crippen molar-refractivity contribution in [2.45, 2.75) is 148 Å². The number of carbonyl (C=O) groups excluding carboxylic acids is 1. The van der Waals surface area contributed by atoms with E-state index in [0.29, 0.717) is 13.2 Å². The zero-order chi connectivity index (χ0) is 23.7. The van der Waals surface area contributed by atoms with Gasteiger partial charge in [-0.25, -0.2) is 0 Å². The van der Waals surface area contributed by atoms with Crippen LogP contribution in [-0.4, -0.2) is 36.2 Å². The van der Waals surface area contributed by atoms with Crippen LogP contribution in [0.5, 0.6) is 0 Å². The molecule has 5 nitrogen and oxygen atoms in total. The van der Waals surface area contributed by atoms with Crippen LogP contribution in [0.1, 0.15) is 142 Å². The van der Waals surface area contributed by atoms with Crippen LogP contribution in [0.3, 0.4) is 0 Å². The van der Waals surface area contributed by atoms with E-state index in [9.17, 15) is 14.7 Å². The molecule has 0 aliphatic heterocycles. The average molecular weight is 456 g/mol. The molecule has 0 heterocycles. The Labute approximate surface area is 198 Å². The number of esters is 1. The van der Waals surface area contributed by atoms with E-state index in [0.717, 1.165) is 25.7 Å². The molecule has 190 valence electrons. The number of carbonyl (C=O) groups is 2. The highest BCUT2D eigenvalue weighted by molar-refractivity contribution is 5.81. The monoisotopic (exact) mass is 455 g/mol. The van der Waals surface area contributed by atoms with Crippen molar-refractivity contribution in [2.75, 3.05) is 13.2 Å². The standard InChI is InChI=1S/C27H53NO4/c1-3-5-7-9-11-13-14-15-17-19-21-23-32-26(29)24-25(27(30)31)28-22-20-18-16-12-10-8-6-4-2/h25,28H,3-24H2,1-2H3,(H,30,31). The summed E-state index contributed by atoms with van der Waals surface area (Å²) in [6.45, 7) is 5.51. The van der Waals surface area contributed by atoms with Crippen LogP contribution in [-0.2, 0) is 14.3 Å². The summed E-state index contributed by atoms with van der Waals surface area (Å²) in [7, 11) is 0. The van der Waals surface area contributed by atoms with Gasteiger partial charge in [-0.2, -0.15) is 0 Å². The fraction of sp³-hybridized carbons (Fsp3) is 0.926. The second-order valence-electron chi connectivity index (χ2n) is 9.28. The summed E-state index contributed by atoms with van der Waals surface area (Å²) in [5.41, 5.74) is 0. The van der Waals surface area contributed by atoms with Gasteiger partial charge in [0.1, 0.15) is 6.04 Å². The minimum absolute atomic E-state index is 0.0929.